The Balaban J connectivity index is 3.07. The molecule has 0 spiro atoms. The van der Waals surface area contributed by atoms with Crippen molar-refractivity contribution in [3.8, 4) is 11.5 Å². The quantitative estimate of drug-likeness (QED) is 0.855. The molecule has 0 atom stereocenters. The molecule has 96 valence electrons. The summed E-state index contributed by atoms with van der Waals surface area (Å²) in [6.07, 6.45) is 0. The molecule has 1 rings (SSSR count). The van der Waals surface area contributed by atoms with Crippen molar-refractivity contribution in [1.82, 2.24) is 4.31 Å². The molecule has 1 aromatic carbocycles. The van der Waals surface area contributed by atoms with Crippen molar-refractivity contribution in [2.75, 3.05) is 33.0 Å². The molecule has 0 aliphatic carbocycles. The molecule has 0 radical (unpaired) electrons. The molecular weight excluding hydrogens is 244 g/mol. The summed E-state index contributed by atoms with van der Waals surface area (Å²) in [7, 11) is 2.33. The summed E-state index contributed by atoms with van der Waals surface area (Å²) in [5.41, 5.74) is 0.363. The molecule has 0 aliphatic rings. The summed E-state index contributed by atoms with van der Waals surface area (Å²) < 4.78 is 36.9. The molecule has 7 heteroatoms. The maximum Gasteiger partial charge on any atom is 0.301 e. The molecule has 1 aromatic rings. The van der Waals surface area contributed by atoms with E-state index in [2.05, 4.69) is 4.72 Å². The normalized spacial score (nSPS) is 11.4. The van der Waals surface area contributed by atoms with Crippen LogP contribution >= 0.6 is 0 Å². The lowest BCUT2D eigenvalue weighted by Crippen LogP contribution is -2.29. The minimum atomic E-state index is -3.54. The van der Waals surface area contributed by atoms with Gasteiger partial charge in [-0.3, -0.25) is 4.72 Å². The second-order valence-corrected chi connectivity index (χ2v) is 5.34. The van der Waals surface area contributed by atoms with Gasteiger partial charge in [-0.15, -0.1) is 0 Å². The third kappa shape index (κ3) is 3.24. The predicted octanol–water partition coefficient (Wildman–Crippen LogP) is 0.922. The second-order valence-electron chi connectivity index (χ2n) is 3.46. The Labute approximate surface area is 101 Å². The number of methoxy groups -OCH3 is 2. The van der Waals surface area contributed by atoms with Crippen LogP contribution in [0.1, 0.15) is 0 Å². The molecular formula is C10H16N2O4S. The van der Waals surface area contributed by atoms with Gasteiger partial charge in [0.2, 0.25) is 0 Å². The number of hydrogen-bond donors (Lipinski definition) is 1. The first-order valence-corrected chi connectivity index (χ1v) is 6.27. The summed E-state index contributed by atoms with van der Waals surface area (Å²) in [6.45, 7) is 0. The van der Waals surface area contributed by atoms with Gasteiger partial charge in [0.15, 0.2) is 0 Å². The first kappa shape index (κ1) is 13.6. The van der Waals surface area contributed by atoms with Crippen molar-refractivity contribution >= 4 is 15.9 Å². The molecule has 1 N–H and O–H groups in total. The summed E-state index contributed by atoms with van der Waals surface area (Å²) in [5.74, 6) is 0.990. The highest BCUT2D eigenvalue weighted by Crippen LogP contribution is 2.29. The van der Waals surface area contributed by atoms with Crippen LogP contribution < -0.4 is 14.2 Å². The van der Waals surface area contributed by atoms with Crippen LogP contribution in [0.25, 0.3) is 0 Å². The smallest absolute Gasteiger partial charge is 0.301 e. The van der Waals surface area contributed by atoms with Crippen LogP contribution in [0.15, 0.2) is 18.2 Å². The first-order valence-electron chi connectivity index (χ1n) is 4.83. The molecule has 0 unspecified atom stereocenters. The SMILES string of the molecule is COc1ccc(NS(=O)(=O)N(C)C)c(OC)c1. The number of nitrogens with one attached hydrogen (secondary N) is 1. The van der Waals surface area contributed by atoms with Gasteiger partial charge in [0, 0.05) is 20.2 Å². The average molecular weight is 260 g/mol. The second kappa shape index (κ2) is 5.24. The molecule has 0 saturated heterocycles. The third-order valence-corrected chi connectivity index (χ3v) is 3.57. The van der Waals surface area contributed by atoms with Crippen LogP contribution in [0.3, 0.4) is 0 Å². The first-order chi connectivity index (χ1) is 7.90. The van der Waals surface area contributed by atoms with E-state index in [1.165, 1.54) is 28.3 Å². The highest BCUT2D eigenvalue weighted by Gasteiger charge is 2.16. The van der Waals surface area contributed by atoms with E-state index >= 15 is 0 Å². The number of hydrogen-bond acceptors (Lipinski definition) is 4. The number of rotatable bonds is 5. The minimum absolute atomic E-state index is 0.363. The van der Waals surface area contributed by atoms with E-state index in [-0.39, 0.29) is 0 Å². The monoisotopic (exact) mass is 260 g/mol. The zero-order valence-electron chi connectivity index (χ0n) is 10.2. The largest absolute Gasteiger partial charge is 0.497 e. The molecule has 17 heavy (non-hydrogen) atoms. The van der Waals surface area contributed by atoms with E-state index in [4.69, 9.17) is 9.47 Å². The van der Waals surface area contributed by atoms with E-state index in [0.717, 1.165) is 4.31 Å². The average Bonchev–Trinajstić information content (AvgIpc) is 2.29. The van der Waals surface area contributed by atoms with Crippen molar-refractivity contribution in [3.05, 3.63) is 18.2 Å². The Morgan fingerprint density at radius 2 is 1.82 bits per heavy atom. The summed E-state index contributed by atoms with van der Waals surface area (Å²) in [4.78, 5) is 0. The van der Waals surface area contributed by atoms with Crippen molar-refractivity contribution in [2.45, 2.75) is 0 Å². The van der Waals surface area contributed by atoms with Gasteiger partial charge in [-0.2, -0.15) is 12.7 Å². The highest BCUT2D eigenvalue weighted by molar-refractivity contribution is 7.90. The summed E-state index contributed by atoms with van der Waals surface area (Å²) >= 11 is 0. The van der Waals surface area contributed by atoms with E-state index in [0.29, 0.717) is 17.2 Å². The number of nitrogens with zero attached hydrogens (tertiary/aromatic N) is 1. The molecule has 6 nitrogen and oxygen atoms in total. The fourth-order valence-corrected chi connectivity index (χ4v) is 1.74. The van der Waals surface area contributed by atoms with Gasteiger partial charge < -0.3 is 9.47 Å². The van der Waals surface area contributed by atoms with Crippen molar-refractivity contribution < 1.29 is 17.9 Å². The van der Waals surface area contributed by atoms with Crippen molar-refractivity contribution in [3.63, 3.8) is 0 Å². The fourth-order valence-electron chi connectivity index (χ4n) is 1.11. The van der Waals surface area contributed by atoms with Crippen LogP contribution in [0, 0.1) is 0 Å². The standard InChI is InChI=1S/C10H16N2O4S/c1-12(2)17(13,14)11-9-6-5-8(15-3)7-10(9)16-4/h5-7,11H,1-4H3. The lowest BCUT2D eigenvalue weighted by atomic mass is 10.3. The Morgan fingerprint density at radius 3 is 2.29 bits per heavy atom. The van der Waals surface area contributed by atoms with Crippen molar-refractivity contribution in [2.24, 2.45) is 0 Å². The molecule has 0 saturated carbocycles. The van der Waals surface area contributed by atoms with Gasteiger partial charge in [0.1, 0.15) is 11.5 Å². The summed E-state index contributed by atoms with van der Waals surface area (Å²) in [6, 6.07) is 4.84. The Morgan fingerprint density at radius 1 is 1.18 bits per heavy atom. The van der Waals surface area contributed by atoms with Crippen molar-refractivity contribution in [1.29, 1.82) is 0 Å². The van der Waals surface area contributed by atoms with Gasteiger partial charge in [-0.05, 0) is 12.1 Å². The zero-order chi connectivity index (χ0) is 13.1. The minimum Gasteiger partial charge on any atom is -0.497 e. The van der Waals surface area contributed by atoms with Crippen LogP contribution in [0.5, 0.6) is 11.5 Å². The molecule has 0 bridgehead atoms. The maximum absolute atomic E-state index is 11.7. The van der Waals surface area contributed by atoms with Gasteiger partial charge in [-0.1, -0.05) is 0 Å². The molecule has 0 heterocycles. The van der Waals surface area contributed by atoms with Crippen LogP contribution in [-0.4, -0.2) is 41.0 Å². The zero-order valence-corrected chi connectivity index (χ0v) is 11.0. The number of ether oxygens (including phenoxy) is 2. The molecule has 0 fully saturated rings. The number of benzene rings is 1. The van der Waals surface area contributed by atoms with Gasteiger partial charge >= 0.3 is 10.2 Å². The fraction of sp³-hybridized carbons (Fsp3) is 0.400. The lowest BCUT2D eigenvalue weighted by molar-refractivity contribution is 0.395. The van der Waals surface area contributed by atoms with E-state index in [9.17, 15) is 8.42 Å². The van der Waals surface area contributed by atoms with Gasteiger partial charge in [0.05, 0.1) is 19.9 Å². The Bertz CT molecular complexity index is 485. The van der Waals surface area contributed by atoms with Crippen LogP contribution in [-0.2, 0) is 10.2 Å². The summed E-state index contributed by atoms with van der Waals surface area (Å²) in [5, 5.41) is 0. The molecule has 0 amide bonds. The number of anilines is 1. The Hall–Kier alpha value is -1.47. The van der Waals surface area contributed by atoms with E-state index in [1.54, 1.807) is 18.2 Å². The predicted molar refractivity (Wildman–Crippen MR) is 65.8 cm³/mol. The third-order valence-electron chi connectivity index (χ3n) is 2.13. The van der Waals surface area contributed by atoms with E-state index < -0.39 is 10.2 Å². The van der Waals surface area contributed by atoms with Crippen LogP contribution in [0.2, 0.25) is 0 Å². The molecule has 0 aromatic heterocycles. The van der Waals surface area contributed by atoms with Gasteiger partial charge in [0.25, 0.3) is 0 Å². The van der Waals surface area contributed by atoms with Crippen LogP contribution in [0.4, 0.5) is 5.69 Å². The highest BCUT2D eigenvalue weighted by atomic mass is 32.2. The topological polar surface area (TPSA) is 67.9 Å². The molecule has 0 aliphatic heterocycles. The maximum atomic E-state index is 11.7. The Kier molecular flexibility index (Phi) is 4.19. The van der Waals surface area contributed by atoms with E-state index in [1.807, 2.05) is 0 Å². The van der Waals surface area contributed by atoms with Gasteiger partial charge in [-0.25, -0.2) is 0 Å². The lowest BCUT2D eigenvalue weighted by Gasteiger charge is -2.16.